The Morgan fingerprint density at radius 2 is 1.60 bits per heavy atom. The number of unbranched alkanes of at least 4 members (excludes halogenated alkanes) is 7. The average Bonchev–Trinajstić information content (AvgIpc) is 3.18. The third kappa shape index (κ3) is 7.31. The summed E-state index contributed by atoms with van der Waals surface area (Å²) < 4.78 is 5.81. The Balaban J connectivity index is 1.62. The van der Waals surface area contributed by atoms with E-state index in [1.807, 2.05) is 24.3 Å². The zero-order valence-corrected chi connectivity index (χ0v) is 18.2. The molecule has 1 unspecified atom stereocenters. The Morgan fingerprint density at radius 3 is 2.17 bits per heavy atom. The number of carboxylic acids is 2. The fraction of sp³-hybridized carbons (Fsp3) is 0.667. The van der Waals surface area contributed by atoms with E-state index in [9.17, 15) is 19.8 Å². The second kappa shape index (κ2) is 12.6. The van der Waals surface area contributed by atoms with Crippen molar-refractivity contribution in [3.05, 3.63) is 29.8 Å². The van der Waals surface area contributed by atoms with Gasteiger partial charge in [0.25, 0.3) is 0 Å². The molecule has 6 nitrogen and oxygen atoms in total. The van der Waals surface area contributed by atoms with Gasteiger partial charge in [-0.05, 0) is 43.4 Å². The van der Waals surface area contributed by atoms with Gasteiger partial charge in [0.1, 0.15) is 5.75 Å². The number of nitrogens with one attached hydrogen (secondary N) is 1. The van der Waals surface area contributed by atoms with E-state index >= 15 is 0 Å². The molecule has 3 N–H and O–H groups in total. The number of aliphatic carboxylic acids is 2. The SMILES string of the molecule is CCCCCCCCCCOc1ccc(CNC2CCC(C(=O)O)(C(=O)O)C2)cc1. The summed E-state index contributed by atoms with van der Waals surface area (Å²) in [7, 11) is 0. The van der Waals surface area contributed by atoms with E-state index in [2.05, 4.69) is 12.2 Å². The standard InChI is InChI=1S/C24H37NO5/c1-2-3-4-5-6-7-8-9-16-30-21-12-10-19(11-13-21)18-25-20-14-15-24(17-20,22(26)27)23(28)29/h10-13,20,25H,2-9,14-18H2,1H3,(H,26,27)(H,28,29). The summed E-state index contributed by atoms with van der Waals surface area (Å²) in [6.07, 6.45) is 11.1. The molecule has 0 bridgehead atoms. The molecule has 1 saturated carbocycles. The Morgan fingerprint density at radius 1 is 1.00 bits per heavy atom. The summed E-state index contributed by atoms with van der Waals surface area (Å²) in [6, 6.07) is 7.79. The zero-order valence-electron chi connectivity index (χ0n) is 18.2. The molecule has 30 heavy (non-hydrogen) atoms. The van der Waals surface area contributed by atoms with E-state index in [1.165, 1.54) is 44.9 Å². The van der Waals surface area contributed by atoms with Crippen LogP contribution in [0.4, 0.5) is 0 Å². The number of benzene rings is 1. The third-order valence-electron chi connectivity index (χ3n) is 6.12. The lowest BCUT2D eigenvalue weighted by Gasteiger charge is -2.19. The smallest absolute Gasteiger partial charge is 0.321 e. The number of carbonyl (C=O) groups is 2. The minimum atomic E-state index is -1.65. The molecule has 1 aromatic carbocycles. The van der Waals surface area contributed by atoms with Gasteiger partial charge in [-0.25, -0.2) is 0 Å². The van der Waals surface area contributed by atoms with Crippen molar-refractivity contribution in [3.63, 3.8) is 0 Å². The van der Waals surface area contributed by atoms with Gasteiger partial charge in [-0.2, -0.15) is 0 Å². The van der Waals surface area contributed by atoms with Gasteiger partial charge in [0.05, 0.1) is 6.61 Å². The lowest BCUT2D eigenvalue weighted by atomic mass is 9.86. The van der Waals surface area contributed by atoms with Gasteiger partial charge in [-0.15, -0.1) is 0 Å². The predicted octanol–water partition coefficient (Wildman–Crippen LogP) is 5.00. The molecule has 0 aromatic heterocycles. The second-order valence-corrected chi connectivity index (χ2v) is 8.48. The lowest BCUT2D eigenvalue weighted by Crippen LogP contribution is -2.39. The first kappa shape index (κ1) is 24.2. The predicted molar refractivity (Wildman–Crippen MR) is 117 cm³/mol. The second-order valence-electron chi connectivity index (χ2n) is 8.48. The maximum Gasteiger partial charge on any atom is 0.321 e. The summed E-state index contributed by atoms with van der Waals surface area (Å²) in [5.41, 5.74) is -0.581. The van der Waals surface area contributed by atoms with Crippen LogP contribution in [0.3, 0.4) is 0 Å². The summed E-state index contributed by atoms with van der Waals surface area (Å²) in [5, 5.41) is 21.9. The number of rotatable bonds is 15. The molecule has 1 aromatic rings. The molecule has 168 valence electrons. The number of hydrogen-bond donors (Lipinski definition) is 3. The van der Waals surface area contributed by atoms with E-state index in [-0.39, 0.29) is 18.9 Å². The molecule has 1 fully saturated rings. The minimum absolute atomic E-state index is 0.102. The normalized spacial score (nSPS) is 17.7. The van der Waals surface area contributed by atoms with Crippen molar-refractivity contribution in [2.45, 2.75) is 90.1 Å². The van der Waals surface area contributed by atoms with Crippen molar-refractivity contribution in [2.24, 2.45) is 5.41 Å². The first-order valence-electron chi connectivity index (χ1n) is 11.4. The molecule has 1 aliphatic rings. The maximum absolute atomic E-state index is 11.4. The topological polar surface area (TPSA) is 95.9 Å². The Kier molecular flexibility index (Phi) is 10.1. The summed E-state index contributed by atoms with van der Waals surface area (Å²) in [5.74, 6) is -1.62. The molecule has 1 atom stereocenters. The van der Waals surface area contributed by atoms with Gasteiger partial charge >= 0.3 is 11.9 Å². The molecule has 0 aliphatic heterocycles. The van der Waals surface area contributed by atoms with Crippen molar-refractivity contribution in [3.8, 4) is 5.75 Å². The van der Waals surface area contributed by atoms with E-state index in [0.717, 1.165) is 24.3 Å². The van der Waals surface area contributed by atoms with Gasteiger partial charge in [-0.3, -0.25) is 9.59 Å². The Hall–Kier alpha value is -2.08. The van der Waals surface area contributed by atoms with Crippen molar-refractivity contribution < 1.29 is 24.5 Å². The average molecular weight is 420 g/mol. The van der Waals surface area contributed by atoms with E-state index in [0.29, 0.717) is 13.0 Å². The summed E-state index contributed by atoms with van der Waals surface area (Å²) in [4.78, 5) is 22.8. The fourth-order valence-corrected chi connectivity index (χ4v) is 4.09. The van der Waals surface area contributed by atoms with Crippen LogP contribution in [0.15, 0.2) is 24.3 Å². The first-order valence-corrected chi connectivity index (χ1v) is 11.4. The van der Waals surface area contributed by atoms with Gasteiger partial charge < -0.3 is 20.3 Å². The van der Waals surface area contributed by atoms with Crippen molar-refractivity contribution in [2.75, 3.05) is 6.61 Å². The summed E-state index contributed by atoms with van der Waals surface area (Å²) in [6.45, 7) is 3.56. The van der Waals surface area contributed by atoms with Gasteiger partial charge in [0, 0.05) is 12.6 Å². The molecular formula is C24H37NO5. The molecule has 0 amide bonds. The quantitative estimate of drug-likeness (QED) is 0.273. The van der Waals surface area contributed by atoms with Crippen LogP contribution < -0.4 is 10.1 Å². The van der Waals surface area contributed by atoms with E-state index in [1.54, 1.807) is 0 Å². The molecule has 6 heteroatoms. The summed E-state index contributed by atoms with van der Waals surface area (Å²) >= 11 is 0. The highest BCUT2D eigenvalue weighted by molar-refractivity contribution is 5.98. The van der Waals surface area contributed by atoms with Crippen LogP contribution in [0.25, 0.3) is 0 Å². The first-order chi connectivity index (χ1) is 14.5. The van der Waals surface area contributed by atoms with Crippen LogP contribution in [-0.4, -0.2) is 34.8 Å². The fourth-order valence-electron chi connectivity index (χ4n) is 4.09. The molecule has 2 rings (SSSR count). The van der Waals surface area contributed by atoms with Crippen molar-refractivity contribution in [1.82, 2.24) is 5.32 Å². The van der Waals surface area contributed by atoms with E-state index in [4.69, 9.17) is 4.74 Å². The van der Waals surface area contributed by atoms with Crippen LogP contribution in [0.1, 0.15) is 83.1 Å². The molecule has 0 saturated heterocycles. The van der Waals surface area contributed by atoms with Crippen LogP contribution in [0.2, 0.25) is 0 Å². The molecular weight excluding hydrogens is 382 g/mol. The minimum Gasteiger partial charge on any atom is -0.494 e. The molecule has 0 spiro atoms. The maximum atomic E-state index is 11.4. The van der Waals surface area contributed by atoms with E-state index < -0.39 is 17.4 Å². The largest absolute Gasteiger partial charge is 0.494 e. The Labute approximate surface area is 180 Å². The highest BCUT2D eigenvalue weighted by Crippen LogP contribution is 2.39. The van der Waals surface area contributed by atoms with Crippen LogP contribution in [0.5, 0.6) is 5.75 Å². The van der Waals surface area contributed by atoms with Crippen LogP contribution in [-0.2, 0) is 16.1 Å². The number of hydrogen-bond acceptors (Lipinski definition) is 4. The highest BCUT2D eigenvalue weighted by Gasteiger charge is 2.51. The van der Waals surface area contributed by atoms with Gasteiger partial charge in [-0.1, -0.05) is 64.0 Å². The highest BCUT2D eigenvalue weighted by atomic mass is 16.5. The van der Waals surface area contributed by atoms with Gasteiger partial charge in [0.15, 0.2) is 5.41 Å². The molecule has 1 aliphatic carbocycles. The van der Waals surface area contributed by atoms with Crippen molar-refractivity contribution >= 4 is 11.9 Å². The lowest BCUT2D eigenvalue weighted by molar-refractivity contribution is -0.164. The molecule has 0 heterocycles. The molecule has 0 radical (unpaired) electrons. The van der Waals surface area contributed by atoms with Crippen LogP contribution >= 0.6 is 0 Å². The zero-order chi connectivity index (χ0) is 21.8. The van der Waals surface area contributed by atoms with Gasteiger partial charge in [0.2, 0.25) is 0 Å². The third-order valence-corrected chi connectivity index (χ3v) is 6.12. The number of carboxylic acid groups (broad SMARTS) is 2. The monoisotopic (exact) mass is 419 g/mol. The van der Waals surface area contributed by atoms with Crippen LogP contribution in [0, 0.1) is 5.41 Å². The Bertz CT molecular complexity index is 644. The number of ether oxygens (including phenoxy) is 1. The van der Waals surface area contributed by atoms with Crippen molar-refractivity contribution in [1.29, 1.82) is 0 Å².